The third-order valence-corrected chi connectivity index (χ3v) is 5.95. The van der Waals surface area contributed by atoms with E-state index in [4.69, 9.17) is 16.3 Å². The second-order valence-corrected chi connectivity index (χ2v) is 7.97. The molecule has 0 radical (unpaired) electrons. The number of methoxy groups -OCH3 is 1. The molecular formula is C26H23ClN2O3. The third kappa shape index (κ3) is 3.76. The standard InChI is InChI=1S/C26H23ClN2O3/c1-16-9-4-6-11-18(16)23-22-19(12-8-13-20(22)27)26(31)29(2)24(23)25(30)28-15-17-10-5-7-14-21(17)32-3/h4-14H,15H2,1-3H3,(H,28,30). The average Bonchev–Trinajstić information content (AvgIpc) is 2.80. The first-order valence-corrected chi connectivity index (χ1v) is 10.6. The van der Waals surface area contributed by atoms with Crippen LogP contribution in [-0.4, -0.2) is 17.6 Å². The summed E-state index contributed by atoms with van der Waals surface area (Å²) in [7, 11) is 3.20. The Balaban J connectivity index is 1.92. The Labute approximate surface area is 191 Å². The minimum Gasteiger partial charge on any atom is -0.496 e. The van der Waals surface area contributed by atoms with E-state index in [9.17, 15) is 9.59 Å². The van der Waals surface area contributed by atoms with Gasteiger partial charge in [-0.3, -0.25) is 9.59 Å². The number of hydrogen-bond acceptors (Lipinski definition) is 3. The molecule has 1 amide bonds. The predicted octanol–water partition coefficient (Wildman–Crippen LogP) is 5.11. The van der Waals surface area contributed by atoms with Crippen molar-refractivity contribution in [1.29, 1.82) is 0 Å². The van der Waals surface area contributed by atoms with Crippen LogP contribution in [0.4, 0.5) is 0 Å². The summed E-state index contributed by atoms with van der Waals surface area (Å²) in [5, 5.41) is 4.43. The molecule has 1 aromatic heterocycles. The normalized spacial score (nSPS) is 10.9. The zero-order chi connectivity index (χ0) is 22.8. The van der Waals surface area contributed by atoms with Crippen LogP contribution >= 0.6 is 11.6 Å². The summed E-state index contributed by atoms with van der Waals surface area (Å²) in [6.45, 7) is 2.23. The summed E-state index contributed by atoms with van der Waals surface area (Å²) >= 11 is 6.58. The molecule has 0 fully saturated rings. The molecule has 1 heterocycles. The van der Waals surface area contributed by atoms with E-state index in [1.165, 1.54) is 4.57 Å². The number of hydrogen-bond donors (Lipinski definition) is 1. The van der Waals surface area contributed by atoms with Crippen LogP contribution in [0, 0.1) is 6.92 Å². The Bertz CT molecular complexity index is 1390. The molecule has 162 valence electrons. The number of pyridine rings is 1. The van der Waals surface area contributed by atoms with Crippen LogP contribution in [-0.2, 0) is 13.6 Å². The number of nitrogens with one attached hydrogen (secondary N) is 1. The SMILES string of the molecule is COc1ccccc1CNC(=O)c1c(-c2ccccc2C)c2c(Cl)cccc2c(=O)n1C. The summed E-state index contributed by atoms with van der Waals surface area (Å²) in [5.74, 6) is 0.318. The summed E-state index contributed by atoms with van der Waals surface area (Å²) < 4.78 is 6.79. The molecule has 4 aromatic rings. The largest absolute Gasteiger partial charge is 0.496 e. The van der Waals surface area contributed by atoms with E-state index in [1.807, 2.05) is 55.5 Å². The first-order valence-electron chi connectivity index (χ1n) is 10.2. The number of ether oxygens (including phenoxy) is 1. The van der Waals surface area contributed by atoms with Gasteiger partial charge in [0.05, 0.1) is 7.11 Å². The molecule has 1 N–H and O–H groups in total. The minimum absolute atomic E-state index is 0.255. The first-order chi connectivity index (χ1) is 15.4. The van der Waals surface area contributed by atoms with Gasteiger partial charge in [0, 0.05) is 40.5 Å². The first kappa shape index (κ1) is 21.7. The molecule has 6 heteroatoms. The lowest BCUT2D eigenvalue weighted by Gasteiger charge is -2.19. The predicted molar refractivity (Wildman–Crippen MR) is 129 cm³/mol. The van der Waals surface area contributed by atoms with Crippen molar-refractivity contribution in [3.05, 3.63) is 98.9 Å². The lowest BCUT2D eigenvalue weighted by molar-refractivity contribution is 0.0942. The van der Waals surface area contributed by atoms with E-state index in [-0.39, 0.29) is 23.7 Å². The van der Waals surface area contributed by atoms with Crippen LogP contribution in [0.1, 0.15) is 21.6 Å². The van der Waals surface area contributed by atoms with Gasteiger partial charge >= 0.3 is 0 Å². The Morgan fingerprint density at radius 3 is 2.50 bits per heavy atom. The van der Waals surface area contributed by atoms with E-state index < -0.39 is 0 Å². The summed E-state index contributed by atoms with van der Waals surface area (Å²) in [6, 6.07) is 20.5. The van der Waals surface area contributed by atoms with Gasteiger partial charge < -0.3 is 14.6 Å². The van der Waals surface area contributed by atoms with Gasteiger partial charge in [0.1, 0.15) is 11.4 Å². The maximum Gasteiger partial charge on any atom is 0.268 e. The fourth-order valence-electron chi connectivity index (χ4n) is 4.01. The van der Waals surface area contributed by atoms with Gasteiger partial charge in [-0.2, -0.15) is 0 Å². The molecule has 0 aliphatic carbocycles. The lowest BCUT2D eigenvalue weighted by atomic mass is 9.93. The zero-order valence-corrected chi connectivity index (χ0v) is 18.9. The number of para-hydroxylation sites is 1. The fourth-order valence-corrected chi connectivity index (χ4v) is 4.28. The van der Waals surface area contributed by atoms with Crippen molar-refractivity contribution in [2.75, 3.05) is 7.11 Å². The zero-order valence-electron chi connectivity index (χ0n) is 18.1. The highest BCUT2D eigenvalue weighted by Crippen LogP contribution is 2.36. The van der Waals surface area contributed by atoms with Gasteiger partial charge in [-0.25, -0.2) is 0 Å². The second kappa shape index (κ2) is 8.89. The lowest BCUT2D eigenvalue weighted by Crippen LogP contribution is -2.32. The average molecular weight is 447 g/mol. The molecule has 5 nitrogen and oxygen atoms in total. The number of carbonyl (C=O) groups excluding carboxylic acids is 1. The fraction of sp³-hybridized carbons (Fsp3) is 0.154. The van der Waals surface area contributed by atoms with E-state index in [2.05, 4.69) is 5.32 Å². The molecule has 0 aliphatic rings. The molecule has 0 unspecified atom stereocenters. The molecule has 0 saturated heterocycles. The highest BCUT2D eigenvalue weighted by atomic mass is 35.5. The second-order valence-electron chi connectivity index (χ2n) is 7.56. The van der Waals surface area contributed by atoms with Gasteiger partial charge in [-0.05, 0) is 36.2 Å². The number of amides is 1. The molecule has 0 aliphatic heterocycles. The summed E-state index contributed by atoms with van der Waals surface area (Å²) in [6.07, 6.45) is 0. The van der Waals surface area contributed by atoms with Crippen LogP contribution in [0.25, 0.3) is 21.9 Å². The molecule has 0 spiro atoms. The number of carbonyl (C=O) groups is 1. The van der Waals surface area contributed by atoms with Crippen molar-refractivity contribution in [1.82, 2.24) is 9.88 Å². The Kier molecular flexibility index (Phi) is 6.01. The summed E-state index contributed by atoms with van der Waals surface area (Å²) in [4.78, 5) is 26.6. The molecule has 0 bridgehead atoms. The molecule has 3 aromatic carbocycles. The van der Waals surface area contributed by atoms with Gasteiger partial charge in [0.2, 0.25) is 0 Å². The van der Waals surface area contributed by atoms with Crippen molar-refractivity contribution < 1.29 is 9.53 Å². The molecule has 0 atom stereocenters. The van der Waals surface area contributed by atoms with Crippen LogP contribution in [0.15, 0.2) is 71.5 Å². The number of nitrogens with zero attached hydrogens (tertiary/aromatic N) is 1. The van der Waals surface area contributed by atoms with Crippen LogP contribution in [0.3, 0.4) is 0 Å². The van der Waals surface area contributed by atoms with Crippen molar-refractivity contribution in [2.45, 2.75) is 13.5 Å². The molecule has 32 heavy (non-hydrogen) atoms. The van der Waals surface area contributed by atoms with Crippen LogP contribution in [0.2, 0.25) is 5.02 Å². The summed E-state index contributed by atoms with van der Waals surface area (Å²) in [5.41, 5.74) is 3.30. The maximum atomic E-state index is 13.5. The number of aryl methyl sites for hydroxylation is 1. The van der Waals surface area contributed by atoms with Crippen molar-refractivity contribution in [2.24, 2.45) is 7.05 Å². The number of aromatic nitrogens is 1. The molecular weight excluding hydrogens is 424 g/mol. The van der Waals surface area contributed by atoms with Crippen LogP contribution in [0.5, 0.6) is 5.75 Å². The van der Waals surface area contributed by atoms with Gasteiger partial charge in [0.15, 0.2) is 0 Å². The highest BCUT2D eigenvalue weighted by Gasteiger charge is 2.24. The Hall–Kier alpha value is -3.57. The highest BCUT2D eigenvalue weighted by molar-refractivity contribution is 6.37. The number of halogens is 1. The smallest absolute Gasteiger partial charge is 0.268 e. The quantitative estimate of drug-likeness (QED) is 0.463. The topological polar surface area (TPSA) is 60.3 Å². The van der Waals surface area contributed by atoms with Crippen LogP contribution < -0.4 is 15.6 Å². The number of fused-ring (bicyclic) bond motifs is 1. The Morgan fingerprint density at radius 2 is 1.75 bits per heavy atom. The Morgan fingerprint density at radius 1 is 1.03 bits per heavy atom. The third-order valence-electron chi connectivity index (χ3n) is 5.63. The maximum absolute atomic E-state index is 13.5. The van der Waals surface area contributed by atoms with E-state index in [0.29, 0.717) is 27.1 Å². The van der Waals surface area contributed by atoms with Crippen molar-refractivity contribution in [3.8, 4) is 16.9 Å². The van der Waals surface area contributed by atoms with E-state index in [0.717, 1.165) is 16.7 Å². The number of rotatable bonds is 5. The van der Waals surface area contributed by atoms with Crippen molar-refractivity contribution >= 4 is 28.3 Å². The molecule has 0 saturated carbocycles. The minimum atomic E-state index is -0.365. The van der Waals surface area contributed by atoms with Gasteiger partial charge in [0.25, 0.3) is 11.5 Å². The monoisotopic (exact) mass is 446 g/mol. The van der Waals surface area contributed by atoms with Gasteiger partial charge in [-0.1, -0.05) is 60.1 Å². The van der Waals surface area contributed by atoms with E-state index in [1.54, 1.807) is 32.4 Å². The molecule has 4 rings (SSSR count). The number of benzene rings is 3. The van der Waals surface area contributed by atoms with E-state index >= 15 is 0 Å². The van der Waals surface area contributed by atoms with Crippen molar-refractivity contribution in [3.63, 3.8) is 0 Å². The van der Waals surface area contributed by atoms with Gasteiger partial charge in [-0.15, -0.1) is 0 Å².